The summed E-state index contributed by atoms with van der Waals surface area (Å²) in [6.45, 7) is 4.22. The van der Waals surface area contributed by atoms with Crippen molar-refractivity contribution in [3.63, 3.8) is 0 Å². The Kier molecular flexibility index (Phi) is 4.39. The van der Waals surface area contributed by atoms with E-state index in [1.807, 2.05) is 23.1 Å². The van der Waals surface area contributed by atoms with E-state index in [0.29, 0.717) is 12.5 Å². The van der Waals surface area contributed by atoms with Gasteiger partial charge in [0.2, 0.25) is 5.91 Å². The number of hydrogen-bond acceptors (Lipinski definition) is 2. The van der Waals surface area contributed by atoms with Crippen LogP contribution >= 0.6 is 11.6 Å². The molecule has 1 amide bonds. The van der Waals surface area contributed by atoms with Gasteiger partial charge in [0.1, 0.15) is 12.4 Å². The van der Waals surface area contributed by atoms with Crippen LogP contribution in [0.15, 0.2) is 24.3 Å². The Hall–Kier alpha value is -1.22. The van der Waals surface area contributed by atoms with Gasteiger partial charge in [0.05, 0.1) is 5.92 Å². The summed E-state index contributed by atoms with van der Waals surface area (Å²) in [6, 6.07) is 8.00. The largest absolute Gasteiger partial charge is 0.492 e. The fourth-order valence-corrected chi connectivity index (χ4v) is 3.58. The molecule has 114 valence electrons. The Bertz CT molecular complexity index is 509. The SMILES string of the molecule is CC(Cl)C1CCN(C(=O)C2COc3ccccc3C2)CC1. The number of fused-ring (bicyclic) bond motifs is 1. The third-order valence-corrected chi connectivity index (χ3v) is 5.09. The van der Waals surface area contributed by atoms with Gasteiger partial charge in [0, 0.05) is 18.5 Å². The van der Waals surface area contributed by atoms with Gasteiger partial charge in [-0.2, -0.15) is 0 Å². The van der Waals surface area contributed by atoms with Crippen molar-refractivity contribution >= 4 is 17.5 Å². The molecule has 2 atom stereocenters. The standard InChI is InChI=1S/C17H22ClNO2/c1-12(18)13-6-8-19(9-7-13)17(20)15-10-14-4-2-3-5-16(14)21-11-15/h2-5,12-13,15H,6-11H2,1H3. The van der Waals surface area contributed by atoms with E-state index in [1.54, 1.807) is 0 Å². The molecular formula is C17H22ClNO2. The molecule has 0 saturated carbocycles. The van der Waals surface area contributed by atoms with Crippen LogP contribution in [-0.4, -0.2) is 35.9 Å². The fraction of sp³-hybridized carbons (Fsp3) is 0.588. The fourth-order valence-electron chi connectivity index (χ4n) is 3.32. The van der Waals surface area contributed by atoms with Crippen LogP contribution in [0.25, 0.3) is 0 Å². The van der Waals surface area contributed by atoms with Gasteiger partial charge in [-0.25, -0.2) is 0 Å². The molecule has 0 aromatic heterocycles. The number of halogens is 1. The van der Waals surface area contributed by atoms with E-state index in [9.17, 15) is 4.79 Å². The van der Waals surface area contributed by atoms with Gasteiger partial charge in [-0.1, -0.05) is 18.2 Å². The molecule has 1 fully saturated rings. The Labute approximate surface area is 131 Å². The second kappa shape index (κ2) is 6.27. The number of nitrogens with zero attached hydrogens (tertiary/aromatic N) is 1. The maximum atomic E-state index is 12.7. The van der Waals surface area contributed by atoms with Crippen LogP contribution in [0.3, 0.4) is 0 Å². The van der Waals surface area contributed by atoms with Crippen LogP contribution in [0.5, 0.6) is 5.75 Å². The maximum Gasteiger partial charge on any atom is 0.229 e. The lowest BCUT2D eigenvalue weighted by Gasteiger charge is -2.36. The predicted octanol–water partition coefficient (Wildman–Crippen LogP) is 3.10. The lowest BCUT2D eigenvalue weighted by atomic mass is 9.91. The van der Waals surface area contributed by atoms with Crippen LogP contribution in [0.1, 0.15) is 25.3 Å². The third kappa shape index (κ3) is 3.18. The van der Waals surface area contributed by atoms with E-state index < -0.39 is 0 Å². The molecule has 21 heavy (non-hydrogen) atoms. The number of benzene rings is 1. The van der Waals surface area contributed by atoms with Gasteiger partial charge in [0.25, 0.3) is 0 Å². The van der Waals surface area contributed by atoms with Gasteiger partial charge >= 0.3 is 0 Å². The van der Waals surface area contributed by atoms with Crippen LogP contribution in [-0.2, 0) is 11.2 Å². The van der Waals surface area contributed by atoms with E-state index in [2.05, 4.69) is 13.0 Å². The van der Waals surface area contributed by atoms with E-state index in [0.717, 1.165) is 43.7 Å². The molecule has 3 rings (SSSR count). The molecule has 2 heterocycles. The highest BCUT2D eigenvalue weighted by atomic mass is 35.5. The number of para-hydroxylation sites is 1. The average molecular weight is 308 g/mol. The average Bonchev–Trinajstić information content (AvgIpc) is 2.54. The highest BCUT2D eigenvalue weighted by Crippen LogP contribution is 2.29. The number of ether oxygens (including phenoxy) is 1. The summed E-state index contributed by atoms with van der Waals surface area (Å²) in [6.07, 6.45) is 2.82. The summed E-state index contributed by atoms with van der Waals surface area (Å²) in [7, 11) is 0. The Balaban J connectivity index is 1.60. The van der Waals surface area contributed by atoms with Gasteiger partial charge in [-0.15, -0.1) is 11.6 Å². The summed E-state index contributed by atoms with van der Waals surface area (Å²) in [5.74, 6) is 1.67. The molecule has 1 saturated heterocycles. The number of carbonyl (C=O) groups excluding carboxylic acids is 1. The zero-order valence-electron chi connectivity index (χ0n) is 12.4. The molecule has 2 aliphatic rings. The molecule has 0 N–H and O–H groups in total. The van der Waals surface area contributed by atoms with Crippen molar-refractivity contribution < 1.29 is 9.53 Å². The maximum absolute atomic E-state index is 12.7. The highest BCUT2D eigenvalue weighted by Gasteiger charge is 2.32. The van der Waals surface area contributed by atoms with Crippen molar-refractivity contribution in [2.24, 2.45) is 11.8 Å². The zero-order chi connectivity index (χ0) is 14.8. The molecule has 0 bridgehead atoms. The topological polar surface area (TPSA) is 29.5 Å². The molecule has 4 heteroatoms. The monoisotopic (exact) mass is 307 g/mol. The molecular weight excluding hydrogens is 286 g/mol. The van der Waals surface area contributed by atoms with Gasteiger partial charge in [0.15, 0.2) is 0 Å². The quantitative estimate of drug-likeness (QED) is 0.786. The van der Waals surface area contributed by atoms with Crippen molar-refractivity contribution in [3.8, 4) is 5.75 Å². The number of hydrogen-bond donors (Lipinski definition) is 0. The smallest absolute Gasteiger partial charge is 0.229 e. The zero-order valence-corrected chi connectivity index (χ0v) is 13.2. The number of alkyl halides is 1. The van der Waals surface area contributed by atoms with Crippen molar-refractivity contribution in [2.75, 3.05) is 19.7 Å². The molecule has 0 aliphatic carbocycles. The summed E-state index contributed by atoms with van der Waals surface area (Å²) >= 11 is 6.17. The summed E-state index contributed by atoms with van der Waals surface area (Å²) in [4.78, 5) is 14.7. The molecule has 1 aromatic rings. The van der Waals surface area contributed by atoms with E-state index in [4.69, 9.17) is 16.3 Å². The summed E-state index contributed by atoms with van der Waals surface area (Å²) in [5, 5.41) is 0.201. The van der Waals surface area contributed by atoms with E-state index in [1.165, 1.54) is 0 Å². The van der Waals surface area contributed by atoms with Crippen molar-refractivity contribution in [3.05, 3.63) is 29.8 Å². The molecule has 2 aliphatic heterocycles. The van der Waals surface area contributed by atoms with E-state index >= 15 is 0 Å². The number of likely N-dealkylation sites (tertiary alicyclic amines) is 1. The minimum Gasteiger partial charge on any atom is -0.492 e. The Morgan fingerprint density at radius 2 is 2.05 bits per heavy atom. The van der Waals surface area contributed by atoms with Gasteiger partial charge in [-0.3, -0.25) is 4.79 Å². The van der Waals surface area contributed by atoms with Crippen LogP contribution in [0, 0.1) is 11.8 Å². The summed E-state index contributed by atoms with van der Waals surface area (Å²) in [5.41, 5.74) is 1.14. The molecule has 0 spiro atoms. The van der Waals surface area contributed by atoms with Crippen LogP contribution in [0.4, 0.5) is 0 Å². The van der Waals surface area contributed by atoms with Crippen LogP contribution < -0.4 is 4.74 Å². The lowest BCUT2D eigenvalue weighted by Crippen LogP contribution is -2.45. The molecule has 3 nitrogen and oxygen atoms in total. The predicted molar refractivity (Wildman–Crippen MR) is 83.8 cm³/mol. The minimum atomic E-state index is -0.0372. The number of carbonyl (C=O) groups is 1. The highest BCUT2D eigenvalue weighted by molar-refractivity contribution is 6.20. The molecule has 1 aromatic carbocycles. The van der Waals surface area contributed by atoms with E-state index in [-0.39, 0.29) is 17.2 Å². The van der Waals surface area contributed by atoms with Gasteiger partial charge < -0.3 is 9.64 Å². The third-order valence-electron chi connectivity index (χ3n) is 4.73. The van der Waals surface area contributed by atoms with Crippen LogP contribution in [0.2, 0.25) is 0 Å². The first-order valence-corrected chi connectivity index (χ1v) is 8.22. The number of amides is 1. The Morgan fingerprint density at radius 1 is 1.33 bits per heavy atom. The second-order valence-electron chi connectivity index (χ2n) is 6.16. The first kappa shape index (κ1) is 14.7. The Morgan fingerprint density at radius 3 is 2.76 bits per heavy atom. The number of rotatable bonds is 2. The first-order chi connectivity index (χ1) is 10.1. The van der Waals surface area contributed by atoms with Crippen molar-refractivity contribution in [1.29, 1.82) is 0 Å². The molecule has 0 radical (unpaired) electrons. The summed E-state index contributed by atoms with van der Waals surface area (Å²) < 4.78 is 5.74. The van der Waals surface area contributed by atoms with Crippen molar-refractivity contribution in [2.45, 2.75) is 31.6 Å². The second-order valence-corrected chi connectivity index (χ2v) is 6.85. The minimum absolute atomic E-state index is 0.0372. The van der Waals surface area contributed by atoms with Crippen molar-refractivity contribution in [1.82, 2.24) is 4.90 Å². The molecule has 2 unspecified atom stereocenters. The van der Waals surface area contributed by atoms with Gasteiger partial charge in [-0.05, 0) is 43.7 Å². The first-order valence-electron chi connectivity index (χ1n) is 7.78. The lowest BCUT2D eigenvalue weighted by molar-refractivity contribution is -0.138. The number of piperidine rings is 1. The normalized spacial score (nSPS) is 24.1.